The highest BCUT2D eigenvalue weighted by Crippen LogP contribution is 2.16. The zero-order valence-corrected chi connectivity index (χ0v) is 15.6. The number of carbonyl (C=O) groups excluding carboxylic acids is 1. The molecule has 3 rings (SSSR count). The molecule has 1 heterocycles. The van der Waals surface area contributed by atoms with Crippen molar-refractivity contribution >= 4 is 17.6 Å². The van der Waals surface area contributed by atoms with Crippen LogP contribution in [0.25, 0.3) is 0 Å². The summed E-state index contributed by atoms with van der Waals surface area (Å²) in [7, 11) is 1.66. The molecule has 27 heavy (non-hydrogen) atoms. The molecule has 1 amide bonds. The number of hydrogen-bond donors (Lipinski definition) is 2. The number of benzene rings is 2. The number of methoxy groups -OCH3 is 1. The number of anilines is 1. The van der Waals surface area contributed by atoms with Gasteiger partial charge in [-0.15, -0.1) is 0 Å². The molecule has 0 atom stereocenters. The van der Waals surface area contributed by atoms with Gasteiger partial charge in [-0.3, -0.25) is 4.79 Å². The fraction of sp³-hybridized carbons (Fsp3) is 0.333. The van der Waals surface area contributed by atoms with E-state index in [1.165, 1.54) is 0 Å². The largest absolute Gasteiger partial charge is 0.380 e. The number of hydrogen-bond acceptors (Lipinski definition) is 3. The highest BCUT2D eigenvalue weighted by molar-refractivity contribution is 5.92. The number of carbonyl (C=O) groups is 1. The number of para-hydroxylation sites is 1. The Labute approximate surface area is 160 Å². The Balaban J connectivity index is 1.56. The molecule has 0 spiro atoms. The first kappa shape index (κ1) is 18.9. The molecule has 6 nitrogen and oxygen atoms in total. The summed E-state index contributed by atoms with van der Waals surface area (Å²) in [5.74, 6) is 0.613. The van der Waals surface area contributed by atoms with Crippen molar-refractivity contribution in [2.45, 2.75) is 32.5 Å². The number of rotatable bonds is 7. The van der Waals surface area contributed by atoms with E-state index in [9.17, 15) is 4.79 Å². The maximum atomic E-state index is 11.7. The topological polar surface area (TPSA) is 80.0 Å². The third-order valence-electron chi connectivity index (χ3n) is 4.58. The highest BCUT2D eigenvalue weighted by Gasteiger charge is 2.19. The summed E-state index contributed by atoms with van der Waals surface area (Å²) in [6, 6.07) is 16.0. The number of aliphatic imine (C=N–C) groups is 1. The molecule has 0 aromatic heterocycles. The number of amides is 1. The first-order valence-electron chi connectivity index (χ1n) is 9.15. The lowest BCUT2D eigenvalue weighted by molar-refractivity contribution is -0.128. The molecule has 1 fully saturated rings. The quantitative estimate of drug-likeness (QED) is 0.583. The Kier molecular flexibility index (Phi) is 6.44. The van der Waals surface area contributed by atoms with Gasteiger partial charge in [0.25, 0.3) is 0 Å². The molecule has 2 aromatic carbocycles. The maximum absolute atomic E-state index is 11.7. The fourth-order valence-corrected chi connectivity index (χ4v) is 3.12. The van der Waals surface area contributed by atoms with Crippen LogP contribution in [0.5, 0.6) is 0 Å². The molecule has 0 unspecified atom stereocenters. The maximum Gasteiger partial charge on any atom is 0.222 e. The first-order valence-corrected chi connectivity index (χ1v) is 9.15. The summed E-state index contributed by atoms with van der Waals surface area (Å²) in [5, 5.41) is 3.13. The van der Waals surface area contributed by atoms with Crippen LogP contribution in [-0.4, -0.2) is 30.4 Å². The minimum absolute atomic E-state index is 0.247. The van der Waals surface area contributed by atoms with Crippen LogP contribution in [-0.2, 0) is 29.2 Å². The monoisotopic (exact) mass is 366 g/mol. The number of nitrogens with two attached hydrogens (primary N) is 1. The van der Waals surface area contributed by atoms with Crippen LogP contribution in [0.4, 0.5) is 5.69 Å². The van der Waals surface area contributed by atoms with E-state index in [1.807, 2.05) is 53.4 Å². The van der Waals surface area contributed by atoms with Crippen molar-refractivity contribution in [2.24, 2.45) is 10.7 Å². The van der Waals surface area contributed by atoms with Crippen molar-refractivity contribution < 1.29 is 9.53 Å². The van der Waals surface area contributed by atoms with E-state index in [2.05, 4.69) is 10.3 Å². The van der Waals surface area contributed by atoms with Gasteiger partial charge in [-0.1, -0.05) is 42.5 Å². The molecule has 1 saturated heterocycles. The molecule has 142 valence electrons. The summed E-state index contributed by atoms with van der Waals surface area (Å²) in [5.41, 5.74) is 10.2. The third-order valence-corrected chi connectivity index (χ3v) is 4.58. The Hall–Kier alpha value is -2.86. The molecule has 6 heteroatoms. The van der Waals surface area contributed by atoms with E-state index in [0.717, 1.165) is 35.3 Å². The number of nitrogens with zero attached hydrogens (tertiary/aromatic N) is 2. The molecule has 0 radical (unpaired) electrons. The van der Waals surface area contributed by atoms with Crippen molar-refractivity contribution in [3.8, 4) is 0 Å². The number of likely N-dealkylation sites (tertiary alicyclic amines) is 1. The molecule has 0 aliphatic carbocycles. The van der Waals surface area contributed by atoms with Gasteiger partial charge < -0.3 is 20.7 Å². The van der Waals surface area contributed by atoms with Gasteiger partial charge in [-0.05, 0) is 23.6 Å². The van der Waals surface area contributed by atoms with Crippen molar-refractivity contribution in [3.05, 3.63) is 65.2 Å². The smallest absolute Gasteiger partial charge is 0.222 e. The van der Waals surface area contributed by atoms with Crippen LogP contribution in [0.2, 0.25) is 0 Å². The predicted octanol–water partition coefficient (Wildman–Crippen LogP) is 2.88. The van der Waals surface area contributed by atoms with Gasteiger partial charge in [-0.2, -0.15) is 0 Å². The van der Waals surface area contributed by atoms with Crippen LogP contribution in [0, 0.1) is 0 Å². The van der Waals surface area contributed by atoms with Gasteiger partial charge in [-0.25, -0.2) is 4.99 Å². The minimum atomic E-state index is 0.247. The van der Waals surface area contributed by atoms with Gasteiger partial charge in [0, 0.05) is 37.9 Å². The Morgan fingerprint density at radius 1 is 1.19 bits per heavy atom. The Morgan fingerprint density at radius 3 is 2.63 bits per heavy atom. The molecule has 0 saturated carbocycles. The predicted molar refractivity (Wildman–Crippen MR) is 107 cm³/mol. The molecule has 2 aromatic rings. The Morgan fingerprint density at radius 2 is 1.93 bits per heavy atom. The van der Waals surface area contributed by atoms with Gasteiger partial charge >= 0.3 is 0 Å². The van der Waals surface area contributed by atoms with Crippen LogP contribution >= 0.6 is 0 Å². The summed E-state index contributed by atoms with van der Waals surface area (Å²) >= 11 is 0. The molecule has 1 aliphatic rings. The average Bonchev–Trinajstić information content (AvgIpc) is 3.08. The van der Waals surface area contributed by atoms with E-state index in [0.29, 0.717) is 32.1 Å². The summed E-state index contributed by atoms with van der Waals surface area (Å²) in [4.78, 5) is 18.0. The lowest BCUT2D eigenvalue weighted by atomic mass is 10.1. The average molecular weight is 366 g/mol. The highest BCUT2D eigenvalue weighted by atomic mass is 16.5. The summed E-state index contributed by atoms with van der Waals surface area (Å²) < 4.78 is 5.20. The number of nitrogens with one attached hydrogen (secondary N) is 1. The van der Waals surface area contributed by atoms with Gasteiger partial charge in [0.1, 0.15) is 0 Å². The number of ether oxygens (including phenoxy) is 1. The van der Waals surface area contributed by atoms with Crippen molar-refractivity contribution in [3.63, 3.8) is 0 Å². The first-order chi connectivity index (χ1) is 13.2. The molecular weight excluding hydrogens is 340 g/mol. The van der Waals surface area contributed by atoms with E-state index in [1.54, 1.807) is 7.11 Å². The van der Waals surface area contributed by atoms with E-state index in [4.69, 9.17) is 10.5 Å². The lowest BCUT2D eigenvalue weighted by Gasteiger charge is -2.15. The molecule has 1 aliphatic heterocycles. The van der Waals surface area contributed by atoms with Crippen LogP contribution in [0.1, 0.15) is 29.5 Å². The SMILES string of the molecule is COCc1ccccc1NC(N)=NCc1ccc(CN2CCCC2=O)cc1. The molecule has 0 bridgehead atoms. The standard InChI is InChI=1S/C21H26N4O2/c1-27-15-18-5-2-3-6-19(18)24-21(22)23-13-16-8-10-17(11-9-16)14-25-12-4-7-20(25)26/h2-3,5-6,8-11H,4,7,12-15H2,1H3,(H3,22,23,24). The second-order valence-electron chi connectivity index (χ2n) is 6.65. The zero-order valence-electron chi connectivity index (χ0n) is 15.6. The molecular formula is C21H26N4O2. The van der Waals surface area contributed by atoms with Crippen LogP contribution < -0.4 is 11.1 Å². The van der Waals surface area contributed by atoms with E-state index in [-0.39, 0.29) is 5.91 Å². The second-order valence-corrected chi connectivity index (χ2v) is 6.65. The van der Waals surface area contributed by atoms with Crippen LogP contribution in [0.3, 0.4) is 0 Å². The van der Waals surface area contributed by atoms with E-state index >= 15 is 0 Å². The van der Waals surface area contributed by atoms with E-state index < -0.39 is 0 Å². The minimum Gasteiger partial charge on any atom is -0.380 e. The zero-order chi connectivity index (χ0) is 19.1. The van der Waals surface area contributed by atoms with Crippen LogP contribution in [0.15, 0.2) is 53.5 Å². The van der Waals surface area contributed by atoms with Gasteiger partial charge in [0.15, 0.2) is 5.96 Å². The fourth-order valence-electron chi connectivity index (χ4n) is 3.12. The lowest BCUT2D eigenvalue weighted by Crippen LogP contribution is -2.24. The Bertz CT molecular complexity index is 802. The van der Waals surface area contributed by atoms with Gasteiger partial charge in [0.05, 0.1) is 13.2 Å². The summed E-state index contributed by atoms with van der Waals surface area (Å²) in [6.07, 6.45) is 1.64. The van der Waals surface area contributed by atoms with Crippen molar-refractivity contribution in [1.29, 1.82) is 0 Å². The van der Waals surface area contributed by atoms with Gasteiger partial charge in [0.2, 0.25) is 5.91 Å². The second kappa shape index (κ2) is 9.19. The normalized spacial score (nSPS) is 14.6. The molecule has 3 N–H and O–H groups in total. The summed E-state index contributed by atoms with van der Waals surface area (Å²) in [6.45, 7) is 2.55. The van der Waals surface area contributed by atoms with Crippen molar-refractivity contribution in [1.82, 2.24) is 4.90 Å². The number of guanidine groups is 1. The third kappa shape index (κ3) is 5.31. The van der Waals surface area contributed by atoms with Crippen molar-refractivity contribution in [2.75, 3.05) is 19.0 Å².